The zero-order chi connectivity index (χ0) is 15.0. The van der Waals surface area contributed by atoms with Gasteiger partial charge in [0.2, 0.25) is 0 Å². The molecule has 0 N–H and O–H groups in total. The van der Waals surface area contributed by atoms with Crippen molar-refractivity contribution in [2.24, 2.45) is 0 Å². The molecule has 1 aliphatic heterocycles. The molecule has 0 bridgehead atoms. The van der Waals surface area contributed by atoms with Gasteiger partial charge in [0.15, 0.2) is 5.79 Å². The molecule has 0 aromatic heterocycles. The Morgan fingerprint density at radius 1 is 1.30 bits per heavy atom. The average Bonchev–Trinajstić information content (AvgIpc) is 2.78. The molecule has 1 fully saturated rings. The van der Waals surface area contributed by atoms with Gasteiger partial charge in [0.25, 0.3) is 0 Å². The molecule has 0 aromatic rings. The highest BCUT2D eigenvalue weighted by Gasteiger charge is 2.50. The summed E-state index contributed by atoms with van der Waals surface area (Å²) in [6.45, 7) is 0.831. The van der Waals surface area contributed by atoms with Crippen molar-refractivity contribution in [2.75, 3.05) is 19.5 Å². The van der Waals surface area contributed by atoms with Gasteiger partial charge in [-0.1, -0.05) is 0 Å². The first-order chi connectivity index (χ1) is 9.19. The second kappa shape index (κ2) is 5.39. The third-order valence-electron chi connectivity index (χ3n) is 3.03. The van der Waals surface area contributed by atoms with Crippen molar-refractivity contribution in [3.05, 3.63) is 10.7 Å². The number of hydrogen-bond donors (Lipinski definition) is 0. The molecule has 2 aliphatic rings. The van der Waals surface area contributed by atoms with Crippen molar-refractivity contribution < 1.29 is 35.2 Å². The molecule has 2 rings (SSSR count). The van der Waals surface area contributed by atoms with Crippen LogP contribution < -0.4 is 0 Å². The van der Waals surface area contributed by atoms with E-state index in [1.165, 1.54) is 0 Å². The summed E-state index contributed by atoms with van der Waals surface area (Å²) in [5.41, 5.74) is -5.43. The smallest absolute Gasteiger partial charge is 0.380 e. The van der Waals surface area contributed by atoms with E-state index in [0.717, 1.165) is 11.8 Å². The van der Waals surface area contributed by atoms with Crippen LogP contribution in [0.15, 0.2) is 10.7 Å². The number of allylic oxidation sites excluding steroid dienone is 1. The molecule has 5 nitrogen and oxygen atoms in total. The number of hydrogen-bond acceptors (Lipinski definition) is 6. The third-order valence-corrected chi connectivity index (χ3v) is 4.88. The molecule has 0 atom stereocenters. The van der Waals surface area contributed by atoms with Gasteiger partial charge in [0.1, 0.15) is 5.76 Å². The van der Waals surface area contributed by atoms with Crippen LogP contribution in [0.1, 0.15) is 19.3 Å². The molecule has 1 spiro atoms. The fourth-order valence-corrected chi connectivity index (χ4v) is 3.40. The minimum atomic E-state index is -5.63. The topological polar surface area (TPSA) is 61.8 Å². The van der Waals surface area contributed by atoms with Gasteiger partial charge in [-0.25, -0.2) is 0 Å². The lowest BCUT2D eigenvalue weighted by atomic mass is 9.99. The molecular formula is C10H13F3O5S2. The second-order valence-corrected chi connectivity index (χ2v) is 6.76. The van der Waals surface area contributed by atoms with E-state index in [0.29, 0.717) is 18.1 Å². The van der Waals surface area contributed by atoms with E-state index in [1.807, 2.05) is 0 Å². The lowest BCUT2D eigenvalue weighted by Crippen LogP contribution is -2.35. The molecular weight excluding hydrogens is 321 g/mol. The minimum absolute atomic E-state index is 0.0193. The number of halogens is 3. The Labute approximate surface area is 118 Å². The van der Waals surface area contributed by atoms with E-state index in [2.05, 4.69) is 4.18 Å². The van der Waals surface area contributed by atoms with Crippen LogP contribution in [0.3, 0.4) is 0 Å². The van der Waals surface area contributed by atoms with Crippen LogP contribution in [0.4, 0.5) is 13.2 Å². The summed E-state index contributed by atoms with van der Waals surface area (Å²) in [4.78, 5) is 0.394. The normalized spacial score (nSPS) is 23.4. The fourth-order valence-electron chi connectivity index (χ4n) is 2.07. The first kappa shape index (κ1) is 15.9. The minimum Gasteiger partial charge on any atom is -0.380 e. The SMILES string of the molecule is CSC1=C(OS(=O)(=O)C(F)(F)F)CCC2(C1)OCCO2. The van der Waals surface area contributed by atoms with Gasteiger partial charge in [-0.15, -0.1) is 11.8 Å². The van der Waals surface area contributed by atoms with Crippen LogP contribution in [0.25, 0.3) is 0 Å². The Hall–Kier alpha value is -0.450. The van der Waals surface area contributed by atoms with Crippen molar-refractivity contribution >= 4 is 21.9 Å². The number of alkyl halides is 3. The largest absolute Gasteiger partial charge is 0.534 e. The van der Waals surface area contributed by atoms with Gasteiger partial charge < -0.3 is 13.7 Å². The van der Waals surface area contributed by atoms with Crippen LogP contribution >= 0.6 is 11.8 Å². The van der Waals surface area contributed by atoms with Crippen molar-refractivity contribution in [2.45, 2.75) is 30.6 Å². The van der Waals surface area contributed by atoms with E-state index in [-0.39, 0.29) is 25.0 Å². The number of thioether (sulfide) groups is 1. The summed E-state index contributed by atoms with van der Waals surface area (Å²) >= 11 is 1.13. The Bertz CT molecular complexity index is 505. The Morgan fingerprint density at radius 2 is 1.90 bits per heavy atom. The van der Waals surface area contributed by atoms with Crippen molar-refractivity contribution in [3.63, 3.8) is 0 Å². The van der Waals surface area contributed by atoms with Crippen molar-refractivity contribution in [1.82, 2.24) is 0 Å². The van der Waals surface area contributed by atoms with Crippen LogP contribution in [0.5, 0.6) is 0 Å². The molecule has 1 aliphatic carbocycles. The Morgan fingerprint density at radius 3 is 2.40 bits per heavy atom. The van der Waals surface area contributed by atoms with Gasteiger partial charge in [-0.05, 0) is 6.26 Å². The maximum Gasteiger partial charge on any atom is 0.534 e. The molecule has 1 heterocycles. The summed E-state index contributed by atoms with van der Waals surface area (Å²) in [5.74, 6) is -1.03. The molecule has 10 heteroatoms. The molecule has 0 aromatic carbocycles. The predicted molar refractivity (Wildman–Crippen MR) is 65.1 cm³/mol. The highest BCUT2D eigenvalue weighted by molar-refractivity contribution is 8.02. The number of rotatable bonds is 3. The molecule has 116 valence electrons. The van der Waals surface area contributed by atoms with Gasteiger partial charge in [0.05, 0.1) is 13.2 Å². The standard InChI is InChI=1S/C10H13F3O5S2/c1-19-8-6-9(16-4-5-17-9)3-2-7(8)18-20(14,15)10(11,12)13/h2-6H2,1H3. The summed E-state index contributed by atoms with van der Waals surface area (Å²) in [7, 11) is -5.63. The zero-order valence-electron chi connectivity index (χ0n) is 10.5. The van der Waals surface area contributed by atoms with E-state index in [9.17, 15) is 21.6 Å². The molecule has 20 heavy (non-hydrogen) atoms. The van der Waals surface area contributed by atoms with E-state index >= 15 is 0 Å². The van der Waals surface area contributed by atoms with E-state index in [4.69, 9.17) is 9.47 Å². The van der Waals surface area contributed by atoms with Gasteiger partial charge >= 0.3 is 15.6 Å². The summed E-state index contributed by atoms with van der Waals surface area (Å²) in [6, 6.07) is 0. The average molecular weight is 334 g/mol. The number of ether oxygens (including phenoxy) is 2. The molecule has 0 radical (unpaired) electrons. The molecule has 1 saturated heterocycles. The van der Waals surface area contributed by atoms with Gasteiger partial charge in [0, 0.05) is 24.2 Å². The summed E-state index contributed by atoms with van der Waals surface area (Å²) in [5, 5.41) is 0. The van der Waals surface area contributed by atoms with Crippen LogP contribution in [0, 0.1) is 0 Å². The maximum atomic E-state index is 12.3. The lowest BCUT2D eigenvalue weighted by molar-refractivity contribution is -0.163. The van der Waals surface area contributed by atoms with Crippen LogP contribution in [0.2, 0.25) is 0 Å². The molecule has 0 saturated carbocycles. The Kier molecular flexibility index (Phi) is 4.30. The fraction of sp³-hybridized carbons (Fsp3) is 0.800. The van der Waals surface area contributed by atoms with E-state index in [1.54, 1.807) is 6.26 Å². The van der Waals surface area contributed by atoms with Gasteiger partial charge in [-0.2, -0.15) is 21.6 Å². The predicted octanol–water partition coefficient (Wildman–Crippen LogP) is 2.35. The molecule has 0 unspecified atom stereocenters. The monoisotopic (exact) mass is 334 g/mol. The zero-order valence-corrected chi connectivity index (χ0v) is 12.2. The molecule has 0 amide bonds. The van der Waals surface area contributed by atoms with Gasteiger partial charge in [-0.3, -0.25) is 0 Å². The third kappa shape index (κ3) is 3.07. The van der Waals surface area contributed by atoms with Crippen LogP contribution in [-0.4, -0.2) is 39.2 Å². The van der Waals surface area contributed by atoms with Crippen LogP contribution in [-0.2, 0) is 23.8 Å². The first-order valence-electron chi connectivity index (χ1n) is 5.74. The van der Waals surface area contributed by atoms with E-state index < -0.39 is 21.4 Å². The quantitative estimate of drug-likeness (QED) is 0.583. The summed E-state index contributed by atoms with van der Waals surface area (Å²) in [6.07, 6.45) is 2.11. The summed E-state index contributed by atoms with van der Waals surface area (Å²) < 4.78 is 74.2. The lowest BCUT2D eigenvalue weighted by Gasteiger charge is -2.33. The second-order valence-electron chi connectivity index (χ2n) is 4.32. The van der Waals surface area contributed by atoms with Crippen molar-refractivity contribution in [1.29, 1.82) is 0 Å². The highest BCUT2D eigenvalue weighted by atomic mass is 32.2. The Balaban J connectivity index is 2.21. The maximum absolute atomic E-state index is 12.3. The van der Waals surface area contributed by atoms with Crippen molar-refractivity contribution in [3.8, 4) is 0 Å². The highest BCUT2D eigenvalue weighted by Crippen LogP contribution is 2.43. The first-order valence-corrected chi connectivity index (χ1v) is 8.37.